The van der Waals surface area contributed by atoms with Crippen LogP contribution in [0.4, 0.5) is 0 Å². The minimum absolute atomic E-state index is 0.00178. The lowest BCUT2D eigenvalue weighted by Crippen LogP contribution is -2.88. The van der Waals surface area contributed by atoms with Crippen LogP contribution in [0.15, 0.2) is 60.0 Å². The molecule has 0 saturated heterocycles. The average Bonchev–Trinajstić information content (AvgIpc) is 3.24. The van der Waals surface area contributed by atoms with Crippen molar-refractivity contribution in [2.45, 2.75) is 32.2 Å². The maximum atomic E-state index is 10.5. The molecule has 0 amide bonds. The summed E-state index contributed by atoms with van der Waals surface area (Å²) in [7, 11) is 1.61. The molecule has 1 aromatic heterocycles. The third-order valence-corrected chi connectivity index (χ3v) is 5.72. The van der Waals surface area contributed by atoms with E-state index in [0.29, 0.717) is 29.7 Å². The lowest BCUT2D eigenvalue weighted by Gasteiger charge is -2.18. The van der Waals surface area contributed by atoms with Gasteiger partial charge in [-0.05, 0) is 36.1 Å². The second kappa shape index (κ2) is 9.94. The molecule has 6 heteroatoms. The summed E-state index contributed by atoms with van der Waals surface area (Å²) >= 11 is 8.10. The van der Waals surface area contributed by atoms with Gasteiger partial charge in [-0.15, -0.1) is 11.3 Å². The molecule has 3 rings (SSSR count). The van der Waals surface area contributed by atoms with E-state index in [4.69, 9.17) is 21.1 Å². The van der Waals surface area contributed by atoms with Gasteiger partial charge in [0, 0.05) is 10.4 Å². The Morgan fingerprint density at radius 2 is 1.93 bits per heavy atom. The Kier molecular flexibility index (Phi) is 7.34. The van der Waals surface area contributed by atoms with Crippen LogP contribution in [-0.4, -0.2) is 18.3 Å². The van der Waals surface area contributed by atoms with E-state index in [9.17, 15) is 5.11 Å². The van der Waals surface area contributed by atoms with E-state index >= 15 is 0 Å². The molecule has 148 valence electrons. The minimum atomic E-state index is -0.535. The van der Waals surface area contributed by atoms with Crippen LogP contribution < -0.4 is 14.8 Å². The Morgan fingerprint density at radius 1 is 1.14 bits per heavy atom. The van der Waals surface area contributed by atoms with Gasteiger partial charge >= 0.3 is 0 Å². The Bertz CT molecular complexity index is 871. The highest BCUT2D eigenvalue weighted by Gasteiger charge is 2.20. The predicted molar refractivity (Wildman–Crippen MR) is 113 cm³/mol. The monoisotopic (exact) mass is 418 g/mol. The van der Waals surface area contributed by atoms with Crippen LogP contribution in [0.1, 0.15) is 29.0 Å². The van der Waals surface area contributed by atoms with E-state index in [-0.39, 0.29) is 6.04 Å². The van der Waals surface area contributed by atoms with Crippen LogP contribution in [0.5, 0.6) is 11.5 Å². The molecule has 3 N–H and O–H groups in total. The molecule has 1 heterocycles. The molecule has 0 spiro atoms. The highest BCUT2D eigenvalue weighted by atomic mass is 35.5. The number of methoxy groups -OCH3 is 1. The predicted octanol–water partition coefficient (Wildman–Crippen LogP) is 4.17. The summed E-state index contributed by atoms with van der Waals surface area (Å²) in [4.78, 5) is 1.12. The molecule has 0 fully saturated rings. The maximum Gasteiger partial charge on any atom is 0.180 e. The van der Waals surface area contributed by atoms with Gasteiger partial charge in [-0.3, -0.25) is 0 Å². The van der Waals surface area contributed by atoms with Gasteiger partial charge in [0.05, 0.1) is 12.1 Å². The molecule has 0 aliphatic carbocycles. The van der Waals surface area contributed by atoms with Crippen molar-refractivity contribution in [3.63, 3.8) is 0 Å². The van der Waals surface area contributed by atoms with E-state index in [1.54, 1.807) is 18.4 Å². The van der Waals surface area contributed by atoms with Gasteiger partial charge in [0.15, 0.2) is 11.5 Å². The lowest BCUT2D eigenvalue weighted by molar-refractivity contribution is -0.709. The number of quaternary nitrogens is 1. The number of aliphatic hydroxyl groups excluding tert-OH is 1. The zero-order valence-corrected chi connectivity index (χ0v) is 17.5. The summed E-state index contributed by atoms with van der Waals surface area (Å²) in [5, 5.41) is 15.2. The summed E-state index contributed by atoms with van der Waals surface area (Å²) in [6.07, 6.45) is -0.535. The number of rotatable bonds is 9. The Hall–Kier alpha value is -2.05. The number of thiophene rings is 1. The number of aliphatic hydroxyl groups is 1. The van der Waals surface area contributed by atoms with E-state index < -0.39 is 6.10 Å². The van der Waals surface area contributed by atoms with Gasteiger partial charge in [-0.25, -0.2) is 0 Å². The SMILES string of the molecule is COc1cc(C[NH2+][C@@H](C)[C@@H](O)c2ccccc2)cc(Cl)c1OCc1cccs1. The molecule has 0 unspecified atom stereocenters. The zero-order valence-electron chi connectivity index (χ0n) is 16.0. The highest BCUT2D eigenvalue weighted by molar-refractivity contribution is 7.09. The molecule has 3 aromatic rings. The molecule has 0 saturated carbocycles. The quantitative estimate of drug-likeness (QED) is 0.548. The normalized spacial score (nSPS) is 13.1. The molecule has 0 aliphatic heterocycles. The fourth-order valence-corrected chi connectivity index (χ4v) is 3.88. The number of ether oxygens (including phenoxy) is 2. The maximum absolute atomic E-state index is 10.5. The smallest absolute Gasteiger partial charge is 0.180 e. The summed E-state index contributed by atoms with van der Waals surface area (Å²) in [6, 6.07) is 17.5. The second-order valence-electron chi connectivity index (χ2n) is 6.63. The first-order valence-electron chi connectivity index (χ1n) is 9.16. The van der Waals surface area contributed by atoms with E-state index in [1.165, 1.54) is 0 Å². The first-order valence-corrected chi connectivity index (χ1v) is 10.4. The zero-order chi connectivity index (χ0) is 19.9. The number of nitrogens with two attached hydrogens (primary N) is 1. The Labute approximate surface area is 174 Å². The van der Waals surface area contributed by atoms with E-state index in [1.807, 2.05) is 66.9 Å². The third-order valence-electron chi connectivity index (χ3n) is 4.59. The van der Waals surface area contributed by atoms with Crippen LogP contribution in [-0.2, 0) is 13.2 Å². The molecule has 0 aliphatic rings. The van der Waals surface area contributed by atoms with Gasteiger partial charge in [-0.2, -0.15) is 0 Å². The second-order valence-corrected chi connectivity index (χ2v) is 8.07. The molecular weight excluding hydrogens is 394 g/mol. The van der Waals surface area contributed by atoms with Gasteiger partial charge in [0.2, 0.25) is 0 Å². The highest BCUT2D eigenvalue weighted by Crippen LogP contribution is 2.37. The first-order chi connectivity index (χ1) is 13.6. The minimum Gasteiger partial charge on any atom is -0.493 e. The standard InChI is InChI=1S/C22H24ClNO3S/c1-15(21(25)17-7-4-3-5-8-17)24-13-16-11-19(23)22(20(12-16)26-2)27-14-18-9-6-10-28-18/h3-12,15,21,24-25H,13-14H2,1-2H3/p+1/t15-,21+/m0/s1. The van der Waals surface area contributed by atoms with Crippen molar-refractivity contribution in [1.29, 1.82) is 0 Å². The van der Waals surface area contributed by atoms with Gasteiger partial charge < -0.3 is 19.9 Å². The molecule has 2 aromatic carbocycles. The third kappa shape index (κ3) is 5.26. The summed E-state index contributed by atoms with van der Waals surface area (Å²) in [6.45, 7) is 3.14. The first kappa shape index (κ1) is 20.7. The number of hydrogen-bond donors (Lipinski definition) is 2. The van der Waals surface area contributed by atoms with Crippen molar-refractivity contribution in [2.75, 3.05) is 7.11 Å². The van der Waals surface area contributed by atoms with Gasteiger partial charge in [-0.1, -0.05) is 48.0 Å². The molecule has 4 nitrogen and oxygen atoms in total. The molecule has 0 bridgehead atoms. The van der Waals surface area contributed by atoms with Crippen molar-refractivity contribution >= 4 is 22.9 Å². The fourth-order valence-electron chi connectivity index (χ4n) is 2.97. The summed E-state index contributed by atoms with van der Waals surface area (Å²) in [5.74, 6) is 1.17. The van der Waals surface area contributed by atoms with Crippen molar-refractivity contribution < 1.29 is 19.9 Å². The van der Waals surface area contributed by atoms with E-state index in [2.05, 4.69) is 5.32 Å². The van der Waals surface area contributed by atoms with Crippen molar-refractivity contribution in [2.24, 2.45) is 0 Å². The lowest BCUT2D eigenvalue weighted by atomic mass is 10.0. The van der Waals surface area contributed by atoms with Crippen LogP contribution in [0, 0.1) is 0 Å². The number of benzene rings is 2. The van der Waals surface area contributed by atoms with Crippen LogP contribution in [0.25, 0.3) is 0 Å². The van der Waals surface area contributed by atoms with Crippen molar-refractivity contribution in [3.05, 3.63) is 81.0 Å². The largest absolute Gasteiger partial charge is 0.493 e. The van der Waals surface area contributed by atoms with Crippen molar-refractivity contribution in [1.82, 2.24) is 0 Å². The van der Waals surface area contributed by atoms with Crippen LogP contribution in [0.3, 0.4) is 0 Å². The fraction of sp³-hybridized carbons (Fsp3) is 0.273. The molecule has 28 heavy (non-hydrogen) atoms. The number of halogens is 1. The van der Waals surface area contributed by atoms with Gasteiger partial charge in [0.1, 0.15) is 25.3 Å². The Balaban J connectivity index is 1.64. The van der Waals surface area contributed by atoms with Crippen molar-refractivity contribution in [3.8, 4) is 11.5 Å². The number of hydrogen-bond acceptors (Lipinski definition) is 4. The van der Waals surface area contributed by atoms with Crippen LogP contribution in [0.2, 0.25) is 5.02 Å². The molecule has 0 radical (unpaired) electrons. The van der Waals surface area contributed by atoms with Crippen LogP contribution >= 0.6 is 22.9 Å². The van der Waals surface area contributed by atoms with E-state index in [0.717, 1.165) is 16.0 Å². The topological polar surface area (TPSA) is 55.3 Å². The Morgan fingerprint density at radius 3 is 2.61 bits per heavy atom. The average molecular weight is 419 g/mol. The summed E-state index contributed by atoms with van der Waals surface area (Å²) in [5.41, 5.74) is 1.93. The molecular formula is C22H25ClNO3S+. The van der Waals surface area contributed by atoms with Gasteiger partial charge in [0.25, 0.3) is 0 Å². The summed E-state index contributed by atoms with van der Waals surface area (Å²) < 4.78 is 11.4. The molecule has 2 atom stereocenters.